The van der Waals surface area contributed by atoms with Gasteiger partial charge in [0.2, 0.25) is 15.9 Å². The van der Waals surface area contributed by atoms with Crippen LogP contribution in [-0.2, 0) is 14.8 Å². The van der Waals surface area contributed by atoms with Crippen molar-refractivity contribution in [1.82, 2.24) is 9.62 Å². The Hall–Kier alpha value is -1.91. The summed E-state index contributed by atoms with van der Waals surface area (Å²) in [4.78, 5) is 12.3. The fourth-order valence-corrected chi connectivity index (χ4v) is 4.28. The summed E-state index contributed by atoms with van der Waals surface area (Å²) in [5, 5.41) is 11.6. The predicted molar refractivity (Wildman–Crippen MR) is 90.4 cm³/mol. The van der Waals surface area contributed by atoms with E-state index in [9.17, 15) is 13.2 Å². The maximum Gasteiger partial charge on any atom is 0.243 e. The number of hydrogen-bond donors (Lipinski definition) is 1. The summed E-state index contributed by atoms with van der Waals surface area (Å²) in [5.74, 6) is -0.0207. The van der Waals surface area contributed by atoms with E-state index in [0.717, 1.165) is 0 Å². The first-order valence-electron chi connectivity index (χ1n) is 8.02. The molecular formula is C17H23N3O3S. The molecule has 0 aromatic heterocycles. The molecule has 0 radical (unpaired) electrons. The fraction of sp³-hybridized carbons (Fsp3) is 0.529. The molecule has 1 aliphatic heterocycles. The van der Waals surface area contributed by atoms with Gasteiger partial charge in [0.05, 0.1) is 11.0 Å². The van der Waals surface area contributed by atoms with Crippen molar-refractivity contribution in [3.63, 3.8) is 0 Å². The van der Waals surface area contributed by atoms with Gasteiger partial charge in [0.25, 0.3) is 0 Å². The van der Waals surface area contributed by atoms with Crippen LogP contribution in [0.2, 0.25) is 0 Å². The lowest BCUT2D eigenvalue weighted by atomic mass is 9.94. The van der Waals surface area contributed by atoms with E-state index in [-0.39, 0.29) is 11.8 Å². The van der Waals surface area contributed by atoms with Crippen LogP contribution in [-0.4, -0.2) is 37.3 Å². The summed E-state index contributed by atoms with van der Waals surface area (Å²) in [6.45, 7) is 4.13. The third kappa shape index (κ3) is 4.56. The molecule has 0 bridgehead atoms. The lowest BCUT2D eigenvalue weighted by Crippen LogP contribution is -2.44. The highest BCUT2D eigenvalue weighted by atomic mass is 32.2. The van der Waals surface area contributed by atoms with Crippen molar-refractivity contribution >= 4 is 15.9 Å². The Morgan fingerprint density at radius 3 is 2.42 bits per heavy atom. The molecule has 1 fully saturated rings. The van der Waals surface area contributed by atoms with Crippen LogP contribution in [0.1, 0.15) is 33.1 Å². The summed E-state index contributed by atoms with van der Waals surface area (Å²) in [7, 11) is -3.46. The van der Waals surface area contributed by atoms with Crippen LogP contribution >= 0.6 is 0 Å². The summed E-state index contributed by atoms with van der Waals surface area (Å²) in [6.07, 6.45) is 1.61. The molecule has 6 nitrogen and oxygen atoms in total. The van der Waals surface area contributed by atoms with Crippen LogP contribution in [0.5, 0.6) is 0 Å². The number of piperidine rings is 1. The topological polar surface area (TPSA) is 90.3 Å². The number of sulfonamides is 1. The second kappa shape index (κ2) is 7.32. The van der Waals surface area contributed by atoms with Gasteiger partial charge in [-0.2, -0.15) is 9.57 Å². The molecule has 2 rings (SSSR count). The number of carbonyl (C=O) groups is 1. The third-order valence-electron chi connectivity index (χ3n) is 4.16. The average Bonchev–Trinajstić information content (AvgIpc) is 2.55. The van der Waals surface area contributed by atoms with E-state index < -0.39 is 15.6 Å². The number of rotatable bonds is 5. The van der Waals surface area contributed by atoms with E-state index in [2.05, 4.69) is 5.32 Å². The molecule has 1 heterocycles. The van der Waals surface area contributed by atoms with Crippen LogP contribution < -0.4 is 5.32 Å². The molecule has 7 heteroatoms. The van der Waals surface area contributed by atoms with Gasteiger partial charge in [-0.05, 0) is 44.7 Å². The largest absolute Gasteiger partial charge is 0.338 e. The number of hydrogen-bond acceptors (Lipinski definition) is 4. The minimum Gasteiger partial charge on any atom is -0.338 e. The minimum atomic E-state index is -3.46. The molecule has 0 aliphatic carbocycles. The van der Waals surface area contributed by atoms with E-state index >= 15 is 0 Å². The monoisotopic (exact) mass is 349 g/mol. The van der Waals surface area contributed by atoms with Gasteiger partial charge >= 0.3 is 0 Å². The van der Waals surface area contributed by atoms with E-state index in [1.807, 2.05) is 6.07 Å². The Morgan fingerprint density at radius 2 is 1.88 bits per heavy atom. The summed E-state index contributed by atoms with van der Waals surface area (Å²) in [5.41, 5.74) is -0.881. The van der Waals surface area contributed by atoms with E-state index in [4.69, 9.17) is 5.26 Å². The molecule has 1 amide bonds. The molecule has 0 atom stereocenters. The molecule has 1 N–H and O–H groups in total. The molecule has 0 saturated carbocycles. The van der Waals surface area contributed by atoms with Gasteiger partial charge in [-0.3, -0.25) is 4.79 Å². The van der Waals surface area contributed by atoms with Gasteiger partial charge in [-0.1, -0.05) is 18.2 Å². The Bertz CT molecular complexity index is 715. The molecule has 0 spiro atoms. The van der Waals surface area contributed by atoms with Crippen molar-refractivity contribution in [2.45, 2.75) is 43.5 Å². The van der Waals surface area contributed by atoms with Crippen molar-refractivity contribution in [2.24, 2.45) is 5.92 Å². The molecule has 130 valence electrons. The maximum absolute atomic E-state index is 12.6. The zero-order chi connectivity index (χ0) is 17.8. The zero-order valence-electron chi connectivity index (χ0n) is 14.0. The minimum absolute atomic E-state index is 0.140. The summed E-state index contributed by atoms with van der Waals surface area (Å²) in [6, 6.07) is 10.4. The molecule has 1 aliphatic rings. The number of nitrogens with zero attached hydrogens (tertiary/aromatic N) is 2. The Labute approximate surface area is 143 Å². The second-order valence-corrected chi connectivity index (χ2v) is 8.59. The van der Waals surface area contributed by atoms with Gasteiger partial charge in [0.1, 0.15) is 5.54 Å². The van der Waals surface area contributed by atoms with Crippen LogP contribution in [0.25, 0.3) is 0 Å². The van der Waals surface area contributed by atoms with Gasteiger partial charge < -0.3 is 5.32 Å². The maximum atomic E-state index is 12.6. The number of amides is 1. The normalized spacial score (nSPS) is 17.2. The molecule has 0 unspecified atom stereocenters. The predicted octanol–water partition coefficient (Wildman–Crippen LogP) is 1.90. The highest BCUT2D eigenvalue weighted by Gasteiger charge is 2.30. The highest BCUT2D eigenvalue weighted by Crippen LogP contribution is 2.25. The molecule has 24 heavy (non-hydrogen) atoms. The first kappa shape index (κ1) is 18.4. The van der Waals surface area contributed by atoms with Crippen LogP contribution in [0.4, 0.5) is 0 Å². The van der Waals surface area contributed by atoms with Gasteiger partial charge in [-0.15, -0.1) is 0 Å². The smallest absolute Gasteiger partial charge is 0.243 e. The lowest BCUT2D eigenvalue weighted by Gasteiger charge is -2.31. The average molecular weight is 349 g/mol. The molecule has 1 aromatic carbocycles. The van der Waals surface area contributed by atoms with Crippen LogP contribution in [0.15, 0.2) is 35.2 Å². The Morgan fingerprint density at radius 1 is 1.29 bits per heavy atom. The summed E-state index contributed by atoms with van der Waals surface area (Å²) >= 11 is 0. The van der Waals surface area contributed by atoms with Crippen molar-refractivity contribution in [1.29, 1.82) is 5.26 Å². The first-order chi connectivity index (χ1) is 11.2. The third-order valence-corrected chi connectivity index (χ3v) is 6.07. The summed E-state index contributed by atoms with van der Waals surface area (Å²) < 4.78 is 26.6. The second-order valence-electron chi connectivity index (χ2n) is 6.65. The van der Waals surface area contributed by atoms with Gasteiger partial charge in [-0.25, -0.2) is 8.42 Å². The van der Waals surface area contributed by atoms with Crippen molar-refractivity contribution in [3.05, 3.63) is 30.3 Å². The first-order valence-corrected chi connectivity index (χ1v) is 9.46. The van der Waals surface area contributed by atoms with E-state index in [0.29, 0.717) is 37.2 Å². The fourth-order valence-electron chi connectivity index (χ4n) is 2.79. The molecule has 1 aromatic rings. The standard InChI is InChI=1S/C17H23N3O3S/c1-17(2,13-18)19-16(21)12-14-8-10-20(11-9-14)24(22,23)15-6-4-3-5-7-15/h3-7,14H,8-12H2,1-2H3,(H,19,21). The van der Waals surface area contributed by atoms with Crippen LogP contribution in [0.3, 0.4) is 0 Å². The highest BCUT2D eigenvalue weighted by molar-refractivity contribution is 7.89. The van der Waals surface area contributed by atoms with Crippen molar-refractivity contribution in [3.8, 4) is 6.07 Å². The van der Waals surface area contributed by atoms with E-state index in [1.54, 1.807) is 44.2 Å². The quantitative estimate of drug-likeness (QED) is 0.879. The van der Waals surface area contributed by atoms with Crippen LogP contribution in [0, 0.1) is 17.2 Å². The zero-order valence-corrected chi connectivity index (χ0v) is 14.8. The molecule has 1 saturated heterocycles. The number of benzene rings is 1. The Balaban J connectivity index is 1.90. The lowest BCUT2D eigenvalue weighted by molar-refractivity contribution is -0.123. The number of nitriles is 1. The van der Waals surface area contributed by atoms with Crippen molar-refractivity contribution in [2.75, 3.05) is 13.1 Å². The van der Waals surface area contributed by atoms with Gasteiger partial charge in [0.15, 0.2) is 0 Å². The van der Waals surface area contributed by atoms with Crippen molar-refractivity contribution < 1.29 is 13.2 Å². The SMILES string of the molecule is CC(C)(C#N)NC(=O)CC1CCN(S(=O)(=O)c2ccccc2)CC1. The Kier molecular flexibility index (Phi) is 5.62. The number of nitrogens with one attached hydrogen (secondary N) is 1. The van der Waals surface area contributed by atoms with Gasteiger partial charge in [0, 0.05) is 19.5 Å². The van der Waals surface area contributed by atoms with E-state index in [1.165, 1.54) is 4.31 Å². The molecular weight excluding hydrogens is 326 g/mol. The number of carbonyl (C=O) groups excluding carboxylic acids is 1.